The fourth-order valence-electron chi connectivity index (χ4n) is 3.19. The molecule has 0 aromatic carbocycles. The predicted molar refractivity (Wildman–Crippen MR) is 72.4 cm³/mol. The number of carbonyl (C=O) groups is 1. The van der Waals surface area contributed by atoms with Gasteiger partial charge in [0.1, 0.15) is 0 Å². The lowest BCUT2D eigenvalue weighted by molar-refractivity contribution is -0.122. The number of nitrogens with one attached hydrogen (secondary N) is 1. The monoisotopic (exact) mass is 253 g/mol. The van der Waals surface area contributed by atoms with Crippen LogP contribution in [0.5, 0.6) is 0 Å². The maximum Gasteiger partial charge on any atom is 0.220 e. The summed E-state index contributed by atoms with van der Waals surface area (Å²) < 4.78 is 5.65. The van der Waals surface area contributed by atoms with Crippen LogP contribution < -0.4 is 5.32 Å². The molecular formula is C15H27NO2. The van der Waals surface area contributed by atoms with E-state index >= 15 is 0 Å². The molecule has 3 nitrogen and oxygen atoms in total. The predicted octanol–water partition coefficient (Wildman–Crippen LogP) is 3.03. The van der Waals surface area contributed by atoms with Gasteiger partial charge in [-0.25, -0.2) is 0 Å². The van der Waals surface area contributed by atoms with Crippen molar-refractivity contribution in [3.05, 3.63) is 0 Å². The first kappa shape index (κ1) is 13.9. The van der Waals surface area contributed by atoms with Gasteiger partial charge < -0.3 is 10.1 Å². The average molecular weight is 253 g/mol. The Morgan fingerprint density at radius 3 is 2.78 bits per heavy atom. The fraction of sp³-hybridized carbons (Fsp3) is 0.933. The Balaban J connectivity index is 1.63. The van der Waals surface area contributed by atoms with E-state index in [1.165, 1.54) is 19.3 Å². The Bertz CT molecular complexity index is 282. The van der Waals surface area contributed by atoms with Gasteiger partial charge in [0, 0.05) is 19.1 Å². The third-order valence-electron chi connectivity index (χ3n) is 4.30. The molecular weight excluding hydrogens is 226 g/mol. The zero-order valence-corrected chi connectivity index (χ0v) is 11.8. The van der Waals surface area contributed by atoms with Crippen LogP contribution in [0.25, 0.3) is 0 Å². The van der Waals surface area contributed by atoms with Crippen molar-refractivity contribution in [2.45, 2.75) is 77.4 Å². The highest BCUT2D eigenvalue weighted by atomic mass is 16.5. The summed E-state index contributed by atoms with van der Waals surface area (Å²) in [6.07, 6.45) is 8.89. The third kappa shape index (κ3) is 4.27. The minimum absolute atomic E-state index is 0.215. The molecule has 1 heterocycles. The van der Waals surface area contributed by atoms with Crippen molar-refractivity contribution in [3.63, 3.8) is 0 Å². The molecule has 2 atom stereocenters. The average Bonchev–Trinajstić information content (AvgIpc) is 2.67. The SMILES string of the molecule is CC1(C)CCC(NC(=O)CCC2CCCCO2)C1. The van der Waals surface area contributed by atoms with Crippen LogP contribution in [-0.4, -0.2) is 24.7 Å². The van der Waals surface area contributed by atoms with Crippen molar-refractivity contribution in [3.8, 4) is 0 Å². The van der Waals surface area contributed by atoms with Crippen LogP contribution in [0.1, 0.15) is 65.2 Å². The van der Waals surface area contributed by atoms with Gasteiger partial charge in [0.2, 0.25) is 5.91 Å². The molecule has 1 N–H and O–H groups in total. The molecule has 104 valence electrons. The summed E-state index contributed by atoms with van der Waals surface area (Å²) in [5.41, 5.74) is 0.407. The van der Waals surface area contributed by atoms with E-state index in [4.69, 9.17) is 4.74 Å². The molecule has 0 spiro atoms. The minimum atomic E-state index is 0.215. The van der Waals surface area contributed by atoms with E-state index in [2.05, 4.69) is 19.2 Å². The van der Waals surface area contributed by atoms with Gasteiger partial charge in [0.05, 0.1) is 6.10 Å². The molecule has 2 unspecified atom stereocenters. The molecule has 3 heteroatoms. The maximum atomic E-state index is 11.9. The standard InChI is InChI=1S/C15H27NO2/c1-15(2)9-8-12(11-15)16-14(17)7-6-13-5-3-4-10-18-13/h12-13H,3-11H2,1-2H3,(H,16,17). The second kappa shape index (κ2) is 6.05. The van der Waals surface area contributed by atoms with Crippen LogP contribution >= 0.6 is 0 Å². The van der Waals surface area contributed by atoms with Gasteiger partial charge in [-0.05, 0) is 50.4 Å². The summed E-state index contributed by atoms with van der Waals surface area (Å²) in [6, 6.07) is 0.403. The smallest absolute Gasteiger partial charge is 0.220 e. The van der Waals surface area contributed by atoms with Gasteiger partial charge in [-0.2, -0.15) is 0 Å². The Morgan fingerprint density at radius 2 is 2.17 bits per heavy atom. The second-order valence-electron chi connectivity index (χ2n) is 6.70. The fourth-order valence-corrected chi connectivity index (χ4v) is 3.19. The van der Waals surface area contributed by atoms with E-state index in [1.54, 1.807) is 0 Å². The number of ether oxygens (including phenoxy) is 1. The van der Waals surface area contributed by atoms with Crippen molar-refractivity contribution < 1.29 is 9.53 Å². The van der Waals surface area contributed by atoms with Crippen molar-refractivity contribution >= 4 is 5.91 Å². The Morgan fingerprint density at radius 1 is 1.33 bits per heavy atom. The minimum Gasteiger partial charge on any atom is -0.378 e. The molecule has 0 radical (unpaired) electrons. The van der Waals surface area contributed by atoms with E-state index in [0.29, 0.717) is 24.0 Å². The van der Waals surface area contributed by atoms with Crippen LogP contribution in [0.15, 0.2) is 0 Å². The van der Waals surface area contributed by atoms with Crippen LogP contribution in [-0.2, 0) is 9.53 Å². The van der Waals surface area contributed by atoms with Crippen molar-refractivity contribution in [1.29, 1.82) is 0 Å². The van der Waals surface area contributed by atoms with Crippen molar-refractivity contribution in [2.75, 3.05) is 6.61 Å². The molecule has 1 saturated heterocycles. The molecule has 2 rings (SSSR count). The number of amides is 1. The molecule has 0 aromatic heterocycles. The molecule has 0 aromatic rings. The normalized spacial score (nSPS) is 31.2. The summed E-state index contributed by atoms with van der Waals surface area (Å²) in [7, 11) is 0. The first-order valence-corrected chi connectivity index (χ1v) is 7.46. The summed E-state index contributed by atoms with van der Waals surface area (Å²) in [6.45, 7) is 5.45. The lowest BCUT2D eigenvalue weighted by atomic mass is 9.92. The zero-order chi connectivity index (χ0) is 13.0. The highest BCUT2D eigenvalue weighted by Gasteiger charge is 2.31. The second-order valence-corrected chi connectivity index (χ2v) is 6.70. The molecule has 18 heavy (non-hydrogen) atoms. The molecule has 1 aliphatic heterocycles. The van der Waals surface area contributed by atoms with E-state index in [-0.39, 0.29) is 5.91 Å². The topological polar surface area (TPSA) is 38.3 Å². The molecule has 2 aliphatic rings. The van der Waals surface area contributed by atoms with E-state index in [1.807, 2.05) is 0 Å². The van der Waals surface area contributed by atoms with Gasteiger partial charge in [-0.3, -0.25) is 4.79 Å². The number of hydrogen-bond acceptors (Lipinski definition) is 2. The summed E-state index contributed by atoms with van der Waals surface area (Å²) in [5, 5.41) is 3.18. The van der Waals surface area contributed by atoms with Crippen molar-refractivity contribution in [1.82, 2.24) is 5.32 Å². The Hall–Kier alpha value is -0.570. The van der Waals surface area contributed by atoms with Crippen molar-refractivity contribution in [2.24, 2.45) is 5.41 Å². The van der Waals surface area contributed by atoms with E-state index in [9.17, 15) is 4.79 Å². The Kier molecular flexibility index (Phi) is 4.66. The summed E-state index contributed by atoms with van der Waals surface area (Å²) in [4.78, 5) is 11.9. The van der Waals surface area contributed by atoms with Gasteiger partial charge >= 0.3 is 0 Å². The third-order valence-corrected chi connectivity index (χ3v) is 4.30. The number of rotatable bonds is 4. The van der Waals surface area contributed by atoms with Crippen LogP contribution in [0.3, 0.4) is 0 Å². The Labute approximate surface area is 111 Å². The highest BCUT2D eigenvalue weighted by Crippen LogP contribution is 2.36. The summed E-state index contributed by atoms with van der Waals surface area (Å²) in [5.74, 6) is 0.215. The largest absolute Gasteiger partial charge is 0.378 e. The number of hydrogen-bond donors (Lipinski definition) is 1. The van der Waals surface area contributed by atoms with Gasteiger partial charge in [-0.15, -0.1) is 0 Å². The molecule has 1 saturated carbocycles. The lowest BCUT2D eigenvalue weighted by Crippen LogP contribution is -2.34. The zero-order valence-electron chi connectivity index (χ0n) is 11.8. The van der Waals surface area contributed by atoms with Crippen LogP contribution in [0, 0.1) is 5.41 Å². The van der Waals surface area contributed by atoms with E-state index in [0.717, 1.165) is 32.3 Å². The lowest BCUT2D eigenvalue weighted by Gasteiger charge is -2.22. The van der Waals surface area contributed by atoms with Gasteiger partial charge in [0.15, 0.2) is 0 Å². The molecule has 1 aliphatic carbocycles. The van der Waals surface area contributed by atoms with Gasteiger partial charge in [0.25, 0.3) is 0 Å². The van der Waals surface area contributed by atoms with E-state index < -0.39 is 0 Å². The summed E-state index contributed by atoms with van der Waals surface area (Å²) >= 11 is 0. The maximum absolute atomic E-state index is 11.9. The van der Waals surface area contributed by atoms with Crippen LogP contribution in [0.4, 0.5) is 0 Å². The number of carbonyl (C=O) groups excluding carboxylic acids is 1. The van der Waals surface area contributed by atoms with Crippen LogP contribution in [0.2, 0.25) is 0 Å². The first-order chi connectivity index (χ1) is 8.55. The molecule has 2 fully saturated rings. The first-order valence-electron chi connectivity index (χ1n) is 7.46. The quantitative estimate of drug-likeness (QED) is 0.836. The van der Waals surface area contributed by atoms with Gasteiger partial charge in [-0.1, -0.05) is 13.8 Å². The highest BCUT2D eigenvalue weighted by molar-refractivity contribution is 5.76. The molecule has 0 bridgehead atoms. The molecule has 1 amide bonds.